The van der Waals surface area contributed by atoms with E-state index in [0.717, 1.165) is 34.9 Å². The van der Waals surface area contributed by atoms with Crippen molar-refractivity contribution >= 4 is 51.0 Å². The highest BCUT2D eigenvalue weighted by Crippen LogP contribution is 2.39. The minimum atomic E-state index is -1.18. The molecule has 3 aliphatic carbocycles. The van der Waals surface area contributed by atoms with Gasteiger partial charge in [0.25, 0.3) is 0 Å². The summed E-state index contributed by atoms with van der Waals surface area (Å²) in [4.78, 5) is 0. The van der Waals surface area contributed by atoms with E-state index in [0.29, 0.717) is 33.8 Å². The maximum atomic E-state index is 10.8. The van der Waals surface area contributed by atoms with Crippen molar-refractivity contribution in [3.05, 3.63) is 117 Å². The van der Waals surface area contributed by atoms with Crippen LogP contribution in [-0.4, -0.2) is 15.9 Å². The summed E-state index contributed by atoms with van der Waals surface area (Å²) in [5.41, 5.74) is 5.97. The Hall–Kier alpha value is -3.84. The molecule has 8 heteroatoms. The largest absolute Gasteiger partial charge is 0.506 e. The molecule has 2 N–H and O–H groups in total. The molecule has 7 rings (SSSR count). The van der Waals surface area contributed by atoms with Crippen LogP contribution in [0.4, 0.5) is 17.1 Å². The fourth-order valence-corrected chi connectivity index (χ4v) is 7.15. The number of allylic oxidation sites excluding steroid dienone is 2. The van der Waals surface area contributed by atoms with Crippen molar-refractivity contribution in [2.45, 2.75) is 82.8 Å². The quantitative estimate of drug-likeness (QED) is 0.207. The van der Waals surface area contributed by atoms with Crippen LogP contribution in [0.1, 0.15) is 81.3 Å². The Kier molecular flexibility index (Phi) is 10.5. The van der Waals surface area contributed by atoms with Gasteiger partial charge >= 0.3 is 0 Å². The summed E-state index contributed by atoms with van der Waals surface area (Å²) in [7, 11) is 0. The van der Waals surface area contributed by atoms with Gasteiger partial charge in [-0.25, -0.2) is 0 Å². The van der Waals surface area contributed by atoms with Gasteiger partial charge in [0.1, 0.15) is 17.1 Å². The van der Waals surface area contributed by atoms with E-state index in [1.165, 1.54) is 61.7 Å². The van der Waals surface area contributed by atoms with Gasteiger partial charge in [0.2, 0.25) is 0 Å². The number of aromatic hydroxyl groups is 1. The first-order valence-electron chi connectivity index (χ1n) is 16.5. The zero-order valence-electron chi connectivity index (χ0n) is 26.7. The van der Waals surface area contributed by atoms with Gasteiger partial charge in [-0.1, -0.05) is 96.6 Å². The lowest BCUT2D eigenvalue weighted by molar-refractivity contribution is 0.0902. The Labute approximate surface area is 286 Å². The molecule has 3 aliphatic rings. The third-order valence-electron chi connectivity index (χ3n) is 9.33. The summed E-state index contributed by atoms with van der Waals surface area (Å²) in [5, 5.41) is 40.6. The maximum absolute atomic E-state index is 10.8. The summed E-state index contributed by atoms with van der Waals surface area (Å²) < 4.78 is 0. The molecule has 4 aromatic carbocycles. The van der Waals surface area contributed by atoms with Crippen LogP contribution in [0.2, 0.25) is 10.0 Å². The summed E-state index contributed by atoms with van der Waals surface area (Å²) in [6, 6.07) is 22.6. The van der Waals surface area contributed by atoms with Crippen molar-refractivity contribution in [3.63, 3.8) is 0 Å². The molecular weight excluding hydrogens is 627 g/mol. The number of aryl methyl sites for hydroxylation is 1. The number of azo groups is 2. The predicted octanol–water partition coefficient (Wildman–Crippen LogP) is 12.9. The highest BCUT2D eigenvalue weighted by molar-refractivity contribution is 6.36. The van der Waals surface area contributed by atoms with Crippen LogP contribution < -0.4 is 0 Å². The average molecular weight is 668 g/mol. The van der Waals surface area contributed by atoms with E-state index in [4.69, 9.17) is 23.2 Å². The second-order valence-corrected chi connectivity index (χ2v) is 13.6. The van der Waals surface area contributed by atoms with Crippen molar-refractivity contribution in [1.82, 2.24) is 0 Å². The van der Waals surface area contributed by atoms with E-state index in [1.54, 1.807) is 24.3 Å². The second kappa shape index (κ2) is 14.9. The van der Waals surface area contributed by atoms with E-state index < -0.39 is 5.72 Å². The van der Waals surface area contributed by atoms with E-state index in [9.17, 15) is 10.2 Å². The number of benzene rings is 4. The predicted molar refractivity (Wildman–Crippen MR) is 192 cm³/mol. The van der Waals surface area contributed by atoms with E-state index in [-0.39, 0.29) is 5.75 Å². The number of phenols is 1. The molecule has 6 nitrogen and oxygen atoms in total. The Bertz CT molecular complexity index is 1880. The van der Waals surface area contributed by atoms with Gasteiger partial charge in [0.15, 0.2) is 5.72 Å². The van der Waals surface area contributed by atoms with Crippen LogP contribution in [0.15, 0.2) is 117 Å². The van der Waals surface area contributed by atoms with Crippen molar-refractivity contribution in [3.8, 4) is 5.75 Å². The molecule has 0 heterocycles. The third-order valence-corrected chi connectivity index (χ3v) is 9.87. The first-order chi connectivity index (χ1) is 22.8. The van der Waals surface area contributed by atoms with Crippen molar-refractivity contribution in [2.75, 3.05) is 0 Å². The highest BCUT2D eigenvalue weighted by Gasteiger charge is 2.30. The number of fused-ring (bicyclic) bond motifs is 1. The minimum absolute atomic E-state index is 0.0718. The second-order valence-electron chi connectivity index (χ2n) is 12.8. The molecule has 4 aromatic rings. The van der Waals surface area contributed by atoms with Crippen LogP contribution in [0.25, 0.3) is 10.8 Å². The standard InChI is InChI=1S/C23H30N2O.C16H10Cl2N2O/c1-17-15-20(18-7-3-2-4-8-18)11-12-22(17)24-25-23(26)14-13-19-9-5-6-10-21(19)16-23;17-11-6-7-14(13(18)9-11)19-20-16-12-4-2-1-3-10(12)5-8-15(16)21/h11-15,18,26H,2-10,16H2,1H3;1-9,21H. The molecule has 1 unspecified atom stereocenters. The van der Waals surface area contributed by atoms with E-state index in [2.05, 4.69) is 51.7 Å². The van der Waals surface area contributed by atoms with Gasteiger partial charge in [-0.05, 0) is 110 Å². The molecule has 242 valence electrons. The molecule has 0 aliphatic heterocycles. The lowest BCUT2D eigenvalue weighted by atomic mass is 9.83. The lowest BCUT2D eigenvalue weighted by Crippen LogP contribution is -2.26. The van der Waals surface area contributed by atoms with Crippen LogP contribution in [0, 0.1) is 6.92 Å². The third kappa shape index (κ3) is 8.18. The van der Waals surface area contributed by atoms with Crippen LogP contribution in [0.3, 0.4) is 0 Å². The summed E-state index contributed by atoms with van der Waals surface area (Å²) in [5.74, 6) is 0.776. The van der Waals surface area contributed by atoms with Crippen molar-refractivity contribution in [1.29, 1.82) is 0 Å². The summed E-state index contributed by atoms with van der Waals surface area (Å²) in [6.07, 6.45) is 15.9. The average Bonchev–Trinajstić information content (AvgIpc) is 3.08. The van der Waals surface area contributed by atoms with Gasteiger partial charge in [0.05, 0.1) is 10.7 Å². The molecule has 0 spiro atoms. The molecule has 0 amide bonds. The number of phenolic OH excluding ortho intramolecular Hbond substituents is 1. The molecule has 0 bridgehead atoms. The van der Waals surface area contributed by atoms with Crippen LogP contribution in [-0.2, 0) is 0 Å². The fraction of sp³-hybridized carbons (Fsp3) is 0.333. The van der Waals surface area contributed by atoms with Crippen LogP contribution >= 0.6 is 23.2 Å². The molecule has 0 aromatic heterocycles. The first kappa shape index (κ1) is 33.1. The van der Waals surface area contributed by atoms with Gasteiger partial charge in [-0.15, -0.1) is 15.3 Å². The number of halogens is 2. The molecule has 1 saturated carbocycles. The molecule has 0 saturated heterocycles. The number of nitrogens with zero attached hydrogens (tertiary/aromatic N) is 4. The SMILES string of the molecule is Cc1cc(C2CCCCC2)ccc1N=NC1(O)C=CC2=C(CCCC2)C1.Oc1ccc2ccccc2c1N=Nc1ccc(Cl)cc1Cl. The Morgan fingerprint density at radius 3 is 2.38 bits per heavy atom. The van der Waals surface area contributed by atoms with Gasteiger partial charge in [-0.3, -0.25) is 0 Å². The van der Waals surface area contributed by atoms with Gasteiger partial charge in [0, 0.05) is 16.8 Å². The Balaban J connectivity index is 0.000000168. The zero-order chi connectivity index (χ0) is 32.8. The first-order valence-corrected chi connectivity index (χ1v) is 17.3. The van der Waals surface area contributed by atoms with E-state index in [1.807, 2.05) is 36.4 Å². The molecule has 1 atom stereocenters. The molecule has 47 heavy (non-hydrogen) atoms. The van der Waals surface area contributed by atoms with E-state index >= 15 is 0 Å². The summed E-state index contributed by atoms with van der Waals surface area (Å²) >= 11 is 11.9. The smallest absolute Gasteiger partial charge is 0.199 e. The highest BCUT2D eigenvalue weighted by atomic mass is 35.5. The molecule has 0 radical (unpaired) electrons. The fourth-order valence-electron chi connectivity index (χ4n) is 6.71. The topological polar surface area (TPSA) is 89.9 Å². The molecule has 1 fully saturated rings. The maximum Gasteiger partial charge on any atom is 0.199 e. The van der Waals surface area contributed by atoms with Gasteiger partial charge in [-0.2, -0.15) is 5.11 Å². The summed E-state index contributed by atoms with van der Waals surface area (Å²) in [6.45, 7) is 2.10. The molecular formula is C39H40Cl2N4O2. The lowest BCUT2D eigenvalue weighted by Gasteiger charge is -2.29. The number of rotatable bonds is 5. The number of aliphatic hydroxyl groups is 1. The zero-order valence-corrected chi connectivity index (χ0v) is 28.2. The number of hydrogen-bond donors (Lipinski definition) is 2. The van der Waals surface area contributed by atoms with Crippen molar-refractivity contribution in [2.24, 2.45) is 20.5 Å². The van der Waals surface area contributed by atoms with Gasteiger partial charge < -0.3 is 10.2 Å². The van der Waals surface area contributed by atoms with Crippen molar-refractivity contribution < 1.29 is 10.2 Å². The minimum Gasteiger partial charge on any atom is -0.506 e. The van der Waals surface area contributed by atoms with Crippen LogP contribution in [0.5, 0.6) is 5.75 Å². The Morgan fingerprint density at radius 1 is 0.787 bits per heavy atom. The number of hydrogen-bond acceptors (Lipinski definition) is 6. The normalized spacial score (nSPS) is 20.1. The monoisotopic (exact) mass is 666 g/mol. The Morgan fingerprint density at radius 2 is 1.57 bits per heavy atom.